The summed E-state index contributed by atoms with van der Waals surface area (Å²) in [6, 6.07) is 40.5. The van der Waals surface area contributed by atoms with Crippen molar-refractivity contribution in [2.75, 3.05) is 5.43 Å². The average Bonchev–Trinajstić information content (AvgIpc) is 2.79. The van der Waals surface area contributed by atoms with Gasteiger partial charge in [-0.2, -0.15) is 0 Å². The van der Waals surface area contributed by atoms with Gasteiger partial charge in [-0.05, 0) is 45.5 Å². The van der Waals surface area contributed by atoms with Crippen LogP contribution in [0.3, 0.4) is 0 Å². The van der Waals surface area contributed by atoms with Crippen LogP contribution in [0.1, 0.15) is 17.2 Å². The maximum absolute atomic E-state index is 3.56. The maximum atomic E-state index is 3.56. The molecule has 0 saturated heterocycles. The molecular formula is C27H22N2. The van der Waals surface area contributed by atoms with Crippen LogP contribution in [0, 0.1) is 0 Å². The van der Waals surface area contributed by atoms with E-state index in [9.17, 15) is 0 Å². The van der Waals surface area contributed by atoms with Gasteiger partial charge in [-0.1, -0.05) is 97.1 Å². The van der Waals surface area contributed by atoms with E-state index < -0.39 is 0 Å². The van der Waals surface area contributed by atoms with Gasteiger partial charge in [-0.3, -0.25) is 0 Å². The van der Waals surface area contributed by atoms with Crippen LogP contribution in [0.4, 0.5) is 5.69 Å². The molecular weight excluding hydrogens is 352 g/mol. The first kappa shape index (κ1) is 17.5. The number of rotatable bonds is 5. The third kappa shape index (κ3) is 3.58. The third-order valence-electron chi connectivity index (χ3n) is 5.36. The zero-order valence-electron chi connectivity index (χ0n) is 16.0. The Morgan fingerprint density at radius 3 is 1.69 bits per heavy atom. The maximum Gasteiger partial charge on any atom is 0.0760 e. The Kier molecular flexibility index (Phi) is 4.69. The van der Waals surface area contributed by atoms with E-state index in [4.69, 9.17) is 0 Å². The first-order chi connectivity index (χ1) is 14.4. The summed E-state index contributed by atoms with van der Waals surface area (Å²) in [6.07, 6.45) is 0. The second kappa shape index (κ2) is 7.78. The van der Waals surface area contributed by atoms with E-state index >= 15 is 0 Å². The van der Waals surface area contributed by atoms with Gasteiger partial charge in [0.15, 0.2) is 0 Å². The molecule has 0 aliphatic rings. The van der Waals surface area contributed by atoms with Gasteiger partial charge in [0.1, 0.15) is 0 Å². The Balaban J connectivity index is 1.51. The predicted molar refractivity (Wildman–Crippen MR) is 123 cm³/mol. The lowest BCUT2D eigenvalue weighted by atomic mass is 9.99. The molecule has 5 aromatic rings. The molecule has 140 valence electrons. The van der Waals surface area contributed by atoms with E-state index in [-0.39, 0.29) is 6.04 Å². The van der Waals surface area contributed by atoms with Crippen LogP contribution >= 0.6 is 0 Å². The highest BCUT2D eigenvalue weighted by molar-refractivity contribution is 6.03. The summed E-state index contributed by atoms with van der Waals surface area (Å²) in [5.41, 5.74) is 10.6. The minimum Gasteiger partial charge on any atom is -0.320 e. The topological polar surface area (TPSA) is 24.1 Å². The first-order valence-electron chi connectivity index (χ1n) is 9.91. The first-order valence-corrected chi connectivity index (χ1v) is 9.91. The summed E-state index contributed by atoms with van der Waals surface area (Å²) in [4.78, 5) is 0. The molecule has 29 heavy (non-hydrogen) atoms. The highest BCUT2D eigenvalue weighted by atomic mass is 15.4. The predicted octanol–water partition coefficient (Wildman–Crippen LogP) is 6.70. The van der Waals surface area contributed by atoms with Crippen LogP contribution in [-0.2, 0) is 0 Å². The minimum absolute atomic E-state index is 0.0492. The van der Waals surface area contributed by atoms with Crippen molar-refractivity contribution in [3.05, 3.63) is 126 Å². The fourth-order valence-electron chi connectivity index (χ4n) is 3.88. The van der Waals surface area contributed by atoms with Crippen molar-refractivity contribution in [3.8, 4) is 0 Å². The Hall–Kier alpha value is -3.62. The quantitative estimate of drug-likeness (QED) is 0.264. The lowest BCUT2D eigenvalue weighted by molar-refractivity contribution is 0.683. The SMILES string of the molecule is c1ccc(C(NNc2cccc3cc4ccccc4cc23)c2ccccc2)cc1. The zero-order chi connectivity index (χ0) is 19.5. The van der Waals surface area contributed by atoms with Crippen molar-refractivity contribution in [3.63, 3.8) is 0 Å². The summed E-state index contributed by atoms with van der Waals surface area (Å²) in [5, 5.41) is 4.94. The van der Waals surface area contributed by atoms with Gasteiger partial charge in [-0.25, -0.2) is 5.43 Å². The molecule has 5 aromatic carbocycles. The highest BCUT2D eigenvalue weighted by Gasteiger charge is 2.13. The van der Waals surface area contributed by atoms with Gasteiger partial charge in [0, 0.05) is 5.39 Å². The summed E-state index contributed by atoms with van der Waals surface area (Å²) >= 11 is 0. The molecule has 0 saturated carbocycles. The number of anilines is 1. The molecule has 0 heterocycles. The van der Waals surface area contributed by atoms with Gasteiger partial charge < -0.3 is 5.43 Å². The molecule has 0 amide bonds. The lowest BCUT2D eigenvalue weighted by Gasteiger charge is -2.22. The fourth-order valence-corrected chi connectivity index (χ4v) is 3.88. The van der Waals surface area contributed by atoms with Crippen molar-refractivity contribution in [1.29, 1.82) is 0 Å². The number of hydrogen-bond donors (Lipinski definition) is 2. The largest absolute Gasteiger partial charge is 0.320 e. The van der Waals surface area contributed by atoms with Crippen LogP contribution < -0.4 is 10.9 Å². The average molecular weight is 374 g/mol. The number of hydrogen-bond acceptors (Lipinski definition) is 2. The number of hydrazine groups is 1. The van der Waals surface area contributed by atoms with Crippen molar-refractivity contribution >= 4 is 27.2 Å². The van der Waals surface area contributed by atoms with Gasteiger partial charge in [0.05, 0.1) is 11.7 Å². The van der Waals surface area contributed by atoms with Gasteiger partial charge in [-0.15, -0.1) is 0 Å². The number of nitrogens with one attached hydrogen (secondary N) is 2. The Bertz CT molecular complexity index is 1210. The van der Waals surface area contributed by atoms with E-state index in [2.05, 4.69) is 126 Å². The lowest BCUT2D eigenvalue weighted by Crippen LogP contribution is -2.28. The van der Waals surface area contributed by atoms with E-state index in [1.54, 1.807) is 0 Å². The van der Waals surface area contributed by atoms with Gasteiger partial charge in [0.2, 0.25) is 0 Å². The van der Waals surface area contributed by atoms with Crippen molar-refractivity contribution < 1.29 is 0 Å². The molecule has 2 heteroatoms. The Morgan fingerprint density at radius 1 is 0.483 bits per heavy atom. The Labute approximate surface area is 170 Å². The van der Waals surface area contributed by atoms with Crippen LogP contribution in [0.5, 0.6) is 0 Å². The summed E-state index contributed by atoms with van der Waals surface area (Å²) in [6.45, 7) is 0. The number of fused-ring (bicyclic) bond motifs is 2. The van der Waals surface area contributed by atoms with E-state index in [0.717, 1.165) is 5.69 Å². The normalized spacial score (nSPS) is 11.2. The van der Waals surface area contributed by atoms with E-state index in [0.29, 0.717) is 0 Å². The Morgan fingerprint density at radius 2 is 1.03 bits per heavy atom. The molecule has 0 spiro atoms. The molecule has 0 aromatic heterocycles. The molecule has 0 atom stereocenters. The second-order valence-electron chi connectivity index (χ2n) is 7.25. The van der Waals surface area contributed by atoms with E-state index in [1.165, 1.54) is 32.7 Å². The summed E-state index contributed by atoms with van der Waals surface area (Å²) in [7, 11) is 0. The number of benzene rings is 5. The smallest absolute Gasteiger partial charge is 0.0760 e. The monoisotopic (exact) mass is 374 g/mol. The molecule has 2 nitrogen and oxygen atoms in total. The molecule has 2 N–H and O–H groups in total. The summed E-state index contributed by atoms with van der Waals surface area (Å²) in [5.74, 6) is 0. The molecule has 0 aliphatic heterocycles. The second-order valence-corrected chi connectivity index (χ2v) is 7.25. The highest BCUT2D eigenvalue weighted by Crippen LogP contribution is 2.29. The molecule has 0 unspecified atom stereocenters. The van der Waals surface area contributed by atoms with Crippen molar-refractivity contribution in [2.45, 2.75) is 6.04 Å². The van der Waals surface area contributed by atoms with Crippen LogP contribution in [0.2, 0.25) is 0 Å². The molecule has 5 rings (SSSR count). The van der Waals surface area contributed by atoms with Gasteiger partial charge >= 0.3 is 0 Å². The van der Waals surface area contributed by atoms with Crippen LogP contribution in [0.15, 0.2) is 115 Å². The fraction of sp³-hybridized carbons (Fsp3) is 0.0370. The third-order valence-corrected chi connectivity index (χ3v) is 5.36. The molecule has 0 fully saturated rings. The van der Waals surface area contributed by atoms with E-state index in [1.807, 2.05) is 0 Å². The van der Waals surface area contributed by atoms with Crippen molar-refractivity contribution in [1.82, 2.24) is 5.43 Å². The summed E-state index contributed by atoms with van der Waals surface area (Å²) < 4.78 is 0. The molecule has 0 radical (unpaired) electrons. The minimum atomic E-state index is 0.0492. The van der Waals surface area contributed by atoms with Crippen LogP contribution in [-0.4, -0.2) is 0 Å². The molecule has 0 bridgehead atoms. The molecule has 0 aliphatic carbocycles. The standard InChI is InChI=1S/C27H22N2/c1-3-10-20(11-4-1)27(21-12-5-2-6-13-21)29-28-26-17-9-16-24-18-22-14-7-8-15-23(22)19-25(24)26/h1-19,27-29H. The zero-order valence-corrected chi connectivity index (χ0v) is 16.0. The van der Waals surface area contributed by atoms with Gasteiger partial charge in [0.25, 0.3) is 0 Å². The van der Waals surface area contributed by atoms with Crippen molar-refractivity contribution in [2.24, 2.45) is 0 Å². The van der Waals surface area contributed by atoms with Crippen LogP contribution in [0.25, 0.3) is 21.5 Å².